The van der Waals surface area contributed by atoms with Gasteiger partial charge in [-0.05, 0) is 13.8 Å². The van der Waals surface area contributed by atoms with Crippen molar-refractivity contribution in [2.75, 3.05) is 26.9 Å². The van der Waals surface area contributed by atoms with Gasteiger partial charge in [-0.2, -0.15) is 0 Å². The van der Waals surface area contributed by atoms with Gasteiger partial charge in [-0.15, -0.1) is 0 Å². The lowest BCUT2D eigenvalue weighted by Gasteiger charge is -2.37. The Morgan fingerprint density at radius 1 is 1.25 bits per heavy atom. The van der Waals surface area contributed by atoms with Crippen LogP contribution in [0.4, 0.5) is 0 Å². The van der Waals surface area contributed by atoms with Crippen molar-refractivity contribution in [1.82, 2.24) is 0 Å². The quantitative estimate of drug-likeness (QED) is 0.502. The lowest BCUT2D eigenvalue weighted by molar-refractivity contribution is -0.953. The first-order valence-electron chi connectivity index (χ1n) is 4.56. The van der Waals surface area contributed by atoms with Crippen molar-refractivity contribution in [1.29, 1.82) is 0 Å². The van der Waals surface area contributed by atoms with E-state index in [1.54, 1.807) is 7.11 Å². The first-order valence-corrected chi connectivity index (χ1v) is 4.56. The first kappa shape index (κ1) is 12.2. The maximum Gasteiger partial charge on any atom is 0.182 e. The molecule has 0 aliphatic carbocycles. The summed E-state index contributed by atoms with van der Waals surface area (Å²) in [5.74, 6) is 0. The molecule has 0 aromatic heterocycles. The van der Waals surface area contributed by atoms with Crippen LogP contribution in [0, 0.1) is 0 Å². The van der Waals surface area contributed by atoms with E-state index < -0.39 is 0 Å². The van der Waals surface area contributed by atoms with Crippen LogP contribution in [0.5, 0.6) is 0 Å². The normalized spacial score (nSPS) is 21.0. The molecule has 0 saturated carbocycles. The molecule has 2 nitrogen and oxygen atoms in total. The number of halogens is 1. The van der Waals surface area contributed by atoms with Gasteiger partial charge in [0.2, 0.25) is 0 Å². The van der Waals surface area contributed by atoms with Gasteiger partial charge in [0.05, 0.1) is 19.1 Å². The summed E-state index contributed by atoms with van der Waals surface area (Å²) in [5, 5.41) is 0. The third kappa shape index (κ3) is 2.35. The molecule has 1 saturated heterocycles. The molecule has 1 fully saturated rings. The predicted octanol–water partition coefficient (Wildman–Crippen LogP) is -1.39. The van der Waals surface area contributed by atoms with Gasteiger partial charge in [-0.25, -0.2) is 0 Å². The fourth-order valence-corrected chi connectivity index (χ4v) is 2.02. The van der Waals surface area contributed by atoms with Gasteiger partial charge in [-0.1, -0.05) is 0 Å². The Balaban J connectivity index is 0.00000121. The van der Waals surface area contributed by atoms with Crippen LogP contribution in [0.25, 0.3) is 0 Å². The fraction of sp³-hybridized carbons (Fsp3) is 1.00. The molecule has 0 aromatic rings. The highest BCUT2D eigenvalue weighted by Crippen LogP contribution is 2.22. The molecule has 0 amide bonds. The highest BCUT2D eigenvalue weighted by Gasteiger charge is 2.34. The number of methoxy groups -OCH3 is 1. The maximum atomic E-state index is 5.26. The van der Waals surface area contributed by atoms with Gasteiger partial charge in [0.15, 0.2) is 6.73 Å². The average molecular weight is 194 g/mol. The van der Waals surface area contributed by atoms with Crippen LogP contribution in [0.3, 0.4) is 0 Å². The highest BCUT2D eigenvalue weighted by atomic mass is 35.5. The summed E-state index contributed by atoms with van der Waals surface area (Å²) in [5.41, 5.74) is 0. The average Bonchev–Trinajstić information content (AvgIpc) is 2.38. The second kappa shape index (κ2) is 5.05. The third-order valence-electron chi connectivity index (χ3n) is 2.94. The van der Waals surface area contributed by atoms with E-state index in [9.17, 15) is 0 Å². The minimum atomic E-state index is 0. The second-order valence-corrected chi connectivity index (χ2v) is 3.88. The number of quaternary nitrogens is 1. The van der Waals surface area contributed by atoms with E-state index in [1.807, 2.05) is 0 Å². The summed E-state index contributed by atoms with van der Waals surface area (Å²) in [6.45, 7) is 8.11. The third-order valence-corrected chi connectivity index (χ3v) is 2.94. The Bertz CT molecular complexity index is 122. The molecule has 3 heteroatoms. The van der Waals surface area contributed by atoms with Crippen molar-refractivity contribution in [3.8, 4) is 0 Å². The molecule has 1 rings (SSSR count). The van der Waals surface area contributed by atoms with Crippen LogP contribution in [-0.4, -0.2) is 37.5 Å². The topological polar surface area (TPSA) is 9.23 Å². The summed E-state index contributed by atoms with van der Waals surface area (Å²) >= 11 is 0. The molecule has 1 aliphatic rings. The van der Waals surface area contributed by atoms with Crippen LogP contribution in [-0.2, 0) is 4.74 Å². The Labute approximate surface area is 81.9 Å². The van der Waals surface area contributed by atoms with Crippen LogP contribution in [0.15, 0.2) is 0 Å². The van der Waals surface area contributed by atoms with E-state index in [-0.39, 0.29) is 12.4 Å². The zero-order valence-corrected chi connectivity index (χ0v) is 9.10. The summed E-state index contributed by atoms with van der Waals surface area (Å²) < 4.78 is 6.44. The summed E-state index contributed by atoms with van der Waals surface area (Å²) in [7, 11) is 1.81. The monoisotopic (exact) mass is 193 g/mol. The zero-order chi connectivity index (χ0) is 8.32. The van der Waals surface area contributed by atoms with Crippen molar-refractivity contribution in [2.24, 2.45) is 0 Å². The number of likely N-dealkylation sites (tertiary alicyclic amines) is 1. The minimum absolute atomic E-state index is 0. The van der Waals surface area contributed by atoms with E-state index >= 15 is 0 Å². The summed E-state index contributed by atoms with van der Waals surface area (Å²) in [6, 6.07) is 0.720. The van der Waals surface area contributed by atoms with Gasteiger partial charge in [-0.3, -0.25) is 4.48 Å². The van der Waals surface area contributed by atoms with Crippen molar-refractivity contribution in [3.05, 3.63) is 0 Å². The van der Waals surface area contributed by atoms with Gasteiger partial charge in [0, 0.05) is 20.0 Å². The molecule has 0 unspecified atom stereocenters. The first-order chi connectivity index (χ1) is 5.21. The molecule has 0 bridgehead atoms. The smallest absolute Gasteiger partial charge is 0.182 e. The molecular formula is C9H20ClNO. The van der Waals surface area contributed by atoms with Crippen molar-refractivity contribution >= 4 is 0 Å². The molecule has 0 spiro atoms. The number of rotatable bonds is 3. The van der Waals surface area contributed by atoms with E-state index in [0.29, 0.717) is 0 Å². The molecule has 0 N–H and O–H groups in total. The fourth-order valence-electron chi connectivity index (χ4n) is 2.02. The standard InChI is InChI=1S/C9H20NO.ClH/c1-9(2)10(8-11-3)6-4-5-7-10;/h9H,4-8H2,1-3H3;1H/q+1;/p-1. The van der Waals surface area contributed by atoms with Crippen molar-refractivity contribution in [3.63, 3.8) is 0 Å². The van der Waals surface area contributed by atoms with Crippen molar-refractivity contribution in [2.45, 2.75) is 32.7 Å². The Kier molecular flexibility index (Phi) is 5.14. The molecule has 0 atom stereocenters. The maximum absolute atomic E-state index is 5.26. The van der Waals surface area contributed by atoms with Gasteiger partial charge < -0.3 is 17.1 Å². The SMILES string of the molecule is COC[N+]1(C(C)C)CCCC1.[Cl-]. The Morgan fingerprint density at radius 3 is 2.08 bits per heavy atom. The summed E-state index contributed by atoms with van der Waals surface area (Å²) in [6.07, 6.45) is 2.75. The Hall–Kier alpha value is 0.210. The molecular weight excluding hydrogens is 174 g/mol. The highest BCUT2D eigenvalue weighted by molar-refractivity contribution is 4.55. The summed E-state index contributed by atoms with van der Waals surface area (Å²) in [4.78, 5) is 0. The molecule has 0 radical (unpaired) electrons. The zero-order valence-electron chi connectivity index (χ0n) is 8.35. The molecule has 74 valence electrons. The number of nitrogens with zero attached hydrogens (tertiary/aromatic N) is 1. The lowest BCUT2D eigenvalue weighted by atomic mass is 10.3. The van der Waals surface area contributed by atoms with Gasteiger partial charge in [0.1, 0.15) is 0 Å². The van der Waals surface area contributed by atoms with Crippen LogP contribution in [0.2, 0.25) is 0 Å². The number of hydrogen-bond acceptors (Lipinski definition) is 1. The van der Waals surface area contributed by atoms with E-state index in [4.69, 9.17) is 4.74 Å². The number of ether oxygens (including phenoxy) is 1. The Morgan fingerprint density at radius 2 is 1.75 bits per heavy atom. The van der Waals surface area contributed by atoms with Crippen LogP contribution < -0.4 is 12.4 Å². The predicted molar refractivity (Wildman–Crippen MR) is 46.2 cm³/mol. The lowest BCUT2D eigenvalue weighted by Crippen LogP contribution is -3.00. The molecule has 1 heterocycles. The second-order valence-electron chi connectivity index (χ2n) is 3.88. The number of hydrogen-bond donors (Lipinski definition) is 0. The molecule has 0 aromatic carbocycles. The van der Waals surface area contributed by atoms with E-state index in [2.05, 4.69) is 13.8 Å². The van der Waals surface area contributed by atoms with Gasteiger partial charge >= 0.3 is 0 Å². The largest absolute Gasteiger partial charge is 1.00 e. The molecule has 1 aliphatic heterocycles. The van der Waals surface area contributed by atoms with Crippen LogP contribution >= 0.6 is 0 Å². The molecule has 12 heavy (non-hydrogen) atoms. The van der Waals surface area contributed by atoms with E-state index in [1.165, 1.54) is 30.4 Å². The van der Waals surface area contributed by atoms with E-state index in [0.717, 1.165) is 12.8 Å². The van der Waals surface area contributed by atoms with Crippen LogP contribution in [0.1, 0.15) is 26.7 Å². The van der Waals surface area contributed by atoms with Gasteiger partial charge in [0.25, 0.3) is 0 Å². The minimum Gasteiger partial charge on any atom is -1.00 e. The van der Waals surface area contributed by atoms with Crippen molar-refractivity contribution < 1.29 is 21.6 Å².